The van der Waals surface area contributed by atoms with Crippen LogP contribution in [-0.4, -0.2) is 37.3 Å². The van der Waals surface area contributed by atoms with Crippen molar-refractivity contribution in [1.29, 1.82) is 0 Å². The van der Waals surface area contributed by atoms with Crippen molar-refractivity contribution in [2.24, 2.45) is 5.73 Å². The van der Waals surface area contributed by atoms with Gasteiger partial charge in [-0.2, -0.15) is 0 Å². The summed E-state index contributed by atoms with van der Waals surface area (Å²) in [7, 11) is 0. The molecule has 1 fully saturated rings. The first-order chi connectivity index (χ1) is 13.2. The number of carbonyl (C=O) groups excluding carboxylic acids is 1. The molecule has 0 saturated carbocycles. The van der Waals surface area contributed by atoms with Crippen LogP contribution in [0.15, 0.2) is 36.4 Å². The van der Waals surface area contributed by atoms with Gasteiger partial charge in [0.05, 0.1) is 6.61 Å². The molecule has 1 spiro atoms. The van der Waals surface area contributed by atoms with E-state index in [9.17, 15) is 4.79 Å². The lowest BCUT2D eigenvalue weighted by Gasteiger charge is -2.38. The second-order valence-corrected chi connectivity index (χ2v) is 7.46. The summed E-state index contributed by atoms with van der Waals surface area (Å²) >= 11 is 0. The van der Waals surface area contributed by atoms with Crippen LogP contribution >= 0.6 is 0 Å². The number of piperidine rings is 1. The van der Waals surface area contributed by atoms with Crippen LogP contribution in [0.3, 0.4) is 0 Å². The molecule has 6 nitrogen and oxygen atoms in total. The average Bonchev–Trinajstić information content (AvgIpc) is 3.32. The number of rotatable bonds is 2. The summed E-state index contributed by atoms with van der Waals surface area (Å²) in [5, 5.41) is 0. The minimum Gasteiger partial charge on any atom is -0.492 e. The highest BCUT2D eigenvalue weighted by atomic mass is 16.7. The van der Waals surface area contributed by atoms with Gasteiger partial charge >= 0.3 is 0 Å². The van der Waals surface area contributed by atoms with Crippen molar-refractivity contribution in [3.8, 4) is 17.2 Å². The minimum absolute atomic E-state index is 0.00776. The molecular weight excluding hydrogens is 344 g/mol. The largest absolute Gasteiger partial charge is 0.492 e. The van der Waals surface area contributed by atoms with Gasteiger partial charge in [-0.05, 0) is 42.7 Å². The van der Waals surface area contributed by atoms with E-state index < -0.39 is 0 Å². The summed E-state index contributed by atoms with van der Waals surface area (Å²) in [6.45, 7) is 2.84. The van der Waals surface area contributed by atoms with Gasteiger partial charge in [0.25, 0.3) is 5.91 Å². The summed E-state index contributed by atoms with van der Waals surface area (Å²) in [5.41, 5.74) is 8.82. The Kier molecular flexibility index (Phi) is 3.75. The third-order valence-electron chi connectivity index (χ3n) is 5.98. The average molecular weight is 366 g/mol. The number of amides is 1. The van der Waals surface area contributed by atoms with Gasteiger partial charge in [0, 0.05) is 36.2 Å². The van der Waals surface area contributed by atoms with Gasteiger partial charge in [-0.3, -0.25) is 4.79 Å². The van der Waals surface area contributed by atoms with Crippen molar-refractivity contribution in [1.82, 2.24) is 4.90 Å². The number of likely N-dealkylation sites (tertiary alicyclic amines) is 1. The van der Waals surface area contributed by atoms with Crippen molar-refractivity contribution in [2.75, 3.05) is 26.5 Å². The zero-order valence-corrected chi connectivity index (χ0v) is 15.1. The van der Waals surface area contributed by atoms with Crippen molar-refractivity contribution < 1.29 is 19.0 Å². The van der Waals surface area contributed by atoms with Gasteiger partial charge < -0.3 is 24.8 Å². The Bertz CT molecular complexity index is 903. The Labute approximate surface area is 157 Å². The topological polar surface area (TPSA) is 74.0 Å². The summed E-state index contributed by atoms with van der Waals surface area (Å²) in [4.78, 5) is 14.9. The van der Waals surface area contributed by atoms with Crippen LogP contribution in [0.1, 0.15) is 34.3 Å². The SMILES string of the molecule is NCc1ccc2c(c1)C1(CCN(C(=O)c3ccc4c(c3)OCO4)CC1)CO2. The molecule has 3 heterocycles. The fourth-order valence-corrected chi connectivity index (χ4v) is 4.30. The summed E-state index contributed by atoms with van der Waals surface area (Å²) < 4.78 is 16.7. The summed E-state index contributed by atoms with van der Waals surface area (Å²) in [5.74, 6) is 2.34. The molecule has 140 valence electrons. The lowest BCUT2D eigenvalue weighted by molar-refractivity contribution is 0.0646. The number of hydrogen-bond acceptors (Lipinski definition) is 5. The maximum absolute atomic E-state index is 12.9. The fraction of sp³-hybridized carbons (Fsp3) is 0.381. The van der Waals surface area contributed by atoms with E-state index in [2.05, 4.69) is 6.07 Å². The second-order valence-electron chi connectivity index (χ2n) is 7.46. The van der Waals surface area contributed by atoms with Crippen molar-refractivity contribution in [3.05, 3.63) is 53.1 Å². The molecule has 0 radical (unpaired) electrons. The monoisotopic (exact) mass is 366 g/mol. The Morgan fingerprint density at radius 1 is 1.00 bits per heavy atom. The lowest BCUT2D eigenvalue weighted by atomic mass is 9.74. The Hall–Kier alpha value is -2.73. The van der Waals surface area contributed by atoms with Crippen LogP contribution in [0.25, 0.3) is 0 Å². The molecule has 2 aromatic rings. The molecular formula is C21H22N2O4. The maximum atomic E-state index is 12.9. The molecule has 1 amide bonds. The molecule has 27 heavy (non-hydrogen) atoms. The first kappa shape index (κ1) is 16.4. The zero-order chi connectivity index (χ0) is 18.4. The molecule has 0 bridgehead atoms. The standard InChI is InChI=1S/C21H22N2O4/c22-11-14-1-3-17-16(9-14)21(12-25-17)5-7-23(8-6-21)20(24)15-2-4-18-19(10-15)27-13-26-18/h1-4,9-10H,5-8,11-13,22H2. The van der Waals surface area contributed by atoms with Crippen LogP contribution in [-0.2, 0) is 12.0 Å². The van der Waals surface area contributed by atoms with E-state index in [1.165, 1.54) is 5.56 Å². The normalized spacial score (nSPS) is 19.1. The first-order valence-electron chi connectivity index (χ1n) is 9.34. The minimum atomic E-state index is -0.00776. The van der Waals surface area contributed by atoms with E-state index in [1.54, 1.807) is 12.1 Å². The van der Waals surface area contributed by atoms with Crippen LogP contribution in [0, 0.1) is 0 Å². The molecule has 1 saturated heterocycles. The number of ether oxygens (including phenoxy) is 3. The van der Waals surface area contributed by atoms with Gasteiger partial charge in [-0.15, -0.1) is 0 Å². The second kappa shape index (κ2) is 6.16. The third-order valence-corrected chi connectivity index (χ3v) is 5.98. The Morgan fingerprint density at radius 2 is 1.78 bits per heavy atom. The highest BCUT2D eigenvalue weighted by molar-refractivity contribution is 5.95. The molecule has 0 aliphatic carbocycles. The number of fused-ring (bicyclic) bond motifs is 3. The Balaban J connectivity index is 1.33. The van der Waals surface area contributed by atoms with Gasteiger partial charge in [0.1, 0.15) is 5.75 Å². The van der Waals surface area contributed by atoms with E-state index in [0.717, 1.165) is 24.2 Å². The lowest BCUT2D eigenvalue weighted by Crippen LogP contribution is -2.46. The van der Waals surface area contributed by atoms with E-state index >= 15 is 0 Å². The van der Waals surface area contributed by atoms with Crippen molar-refractivity contribution in [3.63, 3.8) is 0 Å². The summed E-state index contributed by atoms with van der Waals surface area (Å²) in [6, 6.07) is 11.6. The van der Waals surface area contributed by atoms with E-state index in [0.29, 0.717) is 43.3 Å². The van der Waals surface area contributed by atoms with Crippen LogP contribution in [0.5, 0.6) is 17.2 Å². The number of nitrogens with zero attached hydrogens (tertiary/aromatic N) is 1. The molecule has 2 N–H and O–H groups in total. The van der Waals surface area contributed by atoms with Gasteiger partial charge in [0.15, 0.2) is 11.5 Å². The van der Waals surface area contributed by atoms with Crippen LogP contribution in [0.2, 0.25) is 0 Å². The highest BCUT2D eigenvalue weighted by Crippen LogP contribution is 2.46. The van der Waals surface area contributed by atoms with E-state index in [-0.39, 0.29) is 18.1 Å². The predicted octanol–water partition coefficient (Wildman–Crippen LogP) is 2.44. The molecule has 3 aliphatic heterocycles. The van der Waals surface area contributed by atoms with Gasteiger partial charge in [0.2, 0.25) is 6.79 Å². The predicted molar refractivity (Wildman–Crippen MR) is 99.2 cm³/mol. The molecule has 0 atom stereocenters. The van der Waals surface area contributed by atoms with Crippen LogP contribution < -0.4 is 19.9 Å². The fourth-order valence-electron chi connectivity index (χ4n) is 4.30. The summed E-state index contributed by atoms with van der Waals surface area (Å²) in [6.07, 6.45) is 1.79. The number of benzene rings is 2. The molecule has 6 heteroatoms. The van der Waals surface area contributed by atoms with Crippen LogP contribution in [0.4, 0.5) is 0 Å². The first-order valence-corrected chi connectivity index (χ1v) is 9.34. The molecule has 0 aromatic heterocycles. The molecule has 5 rings (SSSR count). The van der Waals surface area contributed by atoms with Crippen molar-refractivity contribution >= 4 is 5.91 Å². The third kappa shape index (κ3) is 2.63. The number of nitrogens with two attached hydrogens (primary N) is 1. The number of carbonyl (C=O) groups is 1. The quantitative estimate of drug-likeness (QED) is 0.884. The number of hydrogen-bond donors (Lipinski definition) is 1. The molecule has 2 aromatic carbocycles. The van der Waals surface area contributed by atoms with E-state index in [1.807, 2.05) is 23.1 Å². The van der Waals surface area contributed by atoms with Gasteiger partial charge in [-0.25, -0.2) is 0 Å². The zero-order valence-electron chi connectivity index (χ0n) is 15.1. The smallest absolute Gasteiger partial charge is 0.253 e. The maximum Gasteiger partial charge on any atom is 0.253 e. The molecule has 3 aliphatic rings. The van der Waals surface area contributed by atoms with Gasteiger partial charge in [-0.1, -0.05) is 12.1 Å². The highest BCUT2D eigenvalue weighted by Gasteiger charge is 2.44. The Morgan fingerprint density at radius 3 is 2.59 bits per heavy atom. The van der Waals surface area contributed by atoms with E-state index in [4.69, 9.17) is 19.9 Å². The van der Waals surface area contributed by atoms with Crippen molar-refractivity contribution in [2.45, 2.75) is 24.8 Å². The molecule has 0 unspecified atom stereocenters.